The fourth-order valence-electron chi connectivity index (χ4n) is 1.49. The second-order valence-corrected chi connectivity index (χ2v) is 5.09. The van der Waals surface area contributed by atoms with Gasteiger partial charge >= 0.3 is 0 Å². The predicted molar refractivity (Wildman–Crippen MR) is 72.1 cm³/mol. The number of amides is 1. The highest BCUT2D eigenvalue weighted by atomic mass is 32.2. The number of benzene rings is 2. The van der Waals surface area contributed by atoms with E-state index in [1.807, 2.05) is 0 Å². The van der Waals surface area contributed by atoms with Crippen molar-refractivity contribution in [3.05, 3.63) is 59.7 Å². The lowest BCUT2D eigenvalue weighted by Crippen LogP contribution is -2.14. The molecule has 0 aliphatic carbocycles. The van der Waals surface area contributed by atoms with E-state index in [1.165, 1.54) is 12.1 Å². The molecule has 0 spiro atoms. The SMILES string of the molecule is O=C(CSc1ccc(F)c(F)c1)Nc1ccc(F)c(F)c1. The van der Waals surface area contributed by atoms with Crippen molar-refractivity contribution < 1.29 is 22.4 Å². The van der Waals surface area contributed by atoms with Gasteiger partial charge in [0.1, 0.15) is 0 Å². The van der Waals surface area contributed by atoms with Crippen molar-refractivity contribution in [2.75, 3.05) is 11.1 Å². The number of halogens is 4. The molecule has 1 amide bonds. The Morgan fingerprint density at radius 1 is 0.905 bits per heavy atom. The lowest BCUT2D eigenvalue weighted by Gasteiger charge is -2.06. The number of rotatable bonds is 4. The first-order valence-electron chi connectivity index (χ1n) is 5.78. The summed E-state index contributed by atoms with van der Waals surface area (Å²) >= 11 is 0.991. The predicted octanol–water partition coefficient (Wildman–Crippen LogP) is 3.97. The van der Waals surface area contributed by atoms with Crippen molar-refractivity contribution in [3.8, 4) is 0 Å². The van der Waals surface area contributed by atoms with Gasteiger partial charge in [0.2, 0.25) is 5.91 Å². The van der Waals surface area contributed by atoms with Gasteiger partial charge in [-0.05, 0) is 30.3 Å². The van der Waals surface area contributed by atoms with Crippen LogP contribution in [0.5, 0.6) is 0 Å². The summed E-state index contributed by atoms with van der Waals surface area (Å²) in [4.78, 5) is 12.0. The summed E-state index contributed by atoms with van der Waals surface area (Å²) in [6, 6.07) is 6.26. The maximum atomic E-state index is 13.0. The molecule has 0 radical (unpaired) electrons. The second-order valence-electron chi connectivity index (χ2n) is 4.04. The molecule has 0 bridgehead atoms. The van der Waals surface area contributed by atoms with Gasteiger partial charge in [-0.15, -0.1) is 11.8 Å². The first-order valence-corrected chi connectivity index (χ1v) is 6.77. The summed E-state index contributed by atoms with van der Waals surface area (Å²) in [6.07, 6.45) is 0. The highest BCUT2D eigenvalue weighted by molar-refractivity contribution is 8.00. The van der Waals surface area contributed by atoms with E-state index in [4.69, 9.17) is 0 Å². The zero-order valence-electron chi connectivity index (χ0n) is 10.5. The van der Waals surface area contributed by atoms with Crippen LogP contribution in [0.1, 0.15) is 0 Å². The molecule has 2 nitrogen and oxygen atoms in total. The number of carbonyl (C=O) groups is 1. The molecular weight excluding hydrogens is 306 g/mol. The summed E-state index contributed by atoms with van der Waals surface area (Å²) in [5.41, 5.74) is 0.116. The van der Waals surface area contributed by atoms with E-state index < -0.39 is 29.2 Å². The fraction of sp³-hybridized carbons (Fsp3) is 0.0714. The minimum Gasteiger partial charge on any atom is -0.325 e. The van der Waals surface area contributed by atoms with Gasteiger partial charge < -0.3 is 5.32 Å². The molecule has 0 aliphatic rings. The van der Waals surface area contributed by atoms with Crippen molar-refractivity contribution in [2.24, 2.45) is 0 Å². The number of hydrogen-bond donors (Lipinski definition) is 1. The van der Waals surface area contributed by atoms with Crippen LogP contribution in [0.25, 0.3) is 0 Å². The van der Waals surface area contributed by atoms with Gasteiger partial charge in [0, 0.05) is 16.6 Å². The van der Waals surface area contributed by atoms with Crippen molar-refractivity contribution in [3.63, 3.8) is 0 Å². The molecule has 1 N–H and O–H groups in total. The summed E-state index contributed by atoms with van der Waals surface area (Å²) in [5.74, 6) is -4.60. The highest BCUT2D eigenvalue weighted by Gasteiger charge is 2.08. The Balaban J connectivity index is 1.92. The Morgan fingerprint density at radius 2 is 1.52 bits per heavy atom. The van der Waals surface area contributed by atoms with Crippen molar-refractivity contribution in [2.45, 2.75) is 4.90 Å². The average molecular weight is 315 g/mol. The number of hydrogen-bond acceptors (Lipinski definition) is 2. The van der Waals surface area contributed by atoms with E-state index in [-0.39, 0.29) is 11.4 Å². The van der Waals surface area contributed by atoms with Gasteiger partial charge in [0.25, 0.3) is 0 Å². The Labute approximate surface area is 122 Å². The van der Waals surface area contributed by atoms with E-state index in [9.17, 15) is 22.4 Å². The van der Waals surface area contributed by atoms with Gasteiger partial charge in [-0.25, -0.2) is 17.6 Å². The standard InChI is InChI=1S/C14H9F4NOS/c15-10-3-1-8(5-12(10)17)19-14(20)7-21-9-2-4-11(16)13(18)6-9/h1-6H,7H2,(H,19,20). The summed E-state index contributed by atoms with van der Waals surface area (Å²) in [5, 5.41) is 2.37. The second kappa shape index (κ2) is 6.62. The van der Waals surface area contributed by atoms with E-state index in [0.29, 0.717) is 4.90 Å². The van der Waals surface area contributed by atoms with Gasteiger partial charge in [0.05, 0.1) is 5.75 Å². The van der Waals surface area contributed by atoms with Crippen molar-refractivity contribution in [1.29, 1.82) is 0 Å². The van der Waals surface area contributed by atoms with Crippen molar-refractivity contribution in [1.82, 2.24) is 0 Å². The first-order chi connectivity index (χ1) is 9.95. The molecule has 0 heterocycles. The molecule has 0 aliphatic heterocycles. The molecule has 110 valence electrons. The third-order valence-electron chi connectivity index (χ3n) is 2.46. The zero-order valence-corrected chi connectivity index (χ0v) is 11.3. The van der Waals surface area contributed by atoms with E-state index in [1.54, 1.807) is 0 Å². The monoisotopic (exact) mass is 315 g/mol. The van der Waals surface area contributed by atoms with E-state index >= 15 is 0 Å². The van der Waals surface area contributed by atoms with E-state index in [0.717, 1.165) is 36.0 Å². The molecule has 0 atom stereocenters. The number of thioether (sulfide) groups is 1. The topological polar surface area (TPSA) is 29.1 Å². The van der Waals surface area contributed by atoms with Crippen LogP contribution in [0.3, 0.4) is 0 Å². The molecule has 2 aromatic rings. The normalized spacial score (nSPS) is 10.5. The Kier molecular flexibility index (Phi) is 4.85. The Bertz CT molecular complexity index is 678. The van der Waals surface area contributed by atoms with Gasteiger partial charge in [-0.1, -0.05) is 0 Å². The fourth-order valence-corrected chi connectivity index (χ4v) is 2.21. The summed E-state index contributed by atoms with van der Waals surface area (Å²) < 4.78 is 51.4. The third kappa shape index (κ3) is 4.22. The van der Waals surface area contributed by atoms with Crippen LogP contribution in [0.2, 0.25) is 0 Å². The number of carbonyl (C=O) groups excluding carboxylic acids is 1. The molecule has 0 saturated carbocycles. The largest absolute Gasteiger partial charge is 0.325 e. The van der Waals surface area contributed by atoms with E-state index in [2.05, 4.69) is 5.32 Å². The minimum atomic E-state index is -1.07. The first kappa shape index (κ1) is 15.4. The lowest BCUT2D eigenvalue weighted by atomic mass is 10.3. The van der Waals surface area contributed by atoms with Crippen LogP contribution < -0.4 is 5.32 Å². The molecule has 0 unspecified atom stereocenters. The molecule has 2 rings (SSSR count). The molecule has 21 heavy (non-hydrogen) atoms. The van der Waals surface area contributed by atoms with Gasteiger partial charge in [-0.3, -0.25) is 4.79 Å². The third-order valence-corrected chi connectivity index (χ3v) is 3.46. The van der Waals surface area contributed by atoms with Gasteiger partial charge in [0.15, 0.2) is 23.3 Å². The minimum absolute atomic E-state index is 0.0793. The lowest BCUT2D eigenvalue weighted by molar-refractivity contribution is -0.113. The highest BCUT2D eigenvalue weighted by Crippen LogP contribution is 2.21. The number of nitrogens with one attached hydrogen (secondary N) is 1. The maximum Gasteiger partial charge on any atom is 0.234 e. The zero-order chi connectivity index (χ0) is 15.4. The van der Waals surface area contributed by atoms with Crippen LogP contribution in [-0.4, -0.2) is 11.7 Å². The van der Waals surface area contributed by atoms with Crippen LogP contribution in [0.4, 0.5) is 23.2 Å². The molecule has 0 aromatic heterocycles. The summed E-state index contributed by atoms with van der Waals surface area (Å²) in [7, 11) is 0. The molecule has 2 aromatic carbocycles. The van der Waals surface area contributed by atoms with Crippen LogP contribution >= 0.6 is 11.8 Å². The Hall–Kier alpha value is -2.02. The maximum absolute atomic E-state index is 13.0. The molecule has 7 heteroatoms. The molecular formula is C14H9F4NOS. The molecule has 0 saturated heterocycles. The van der Waals surface area contributed by atoms with Crippen molar-refractivity contribution >= 4 is 23.4 Å². The number of anilines is 1. The quantitative estimate of drug-likeness (QED) is 0.683. The Morgan fingerprint density at radius 3 is 2.14 bits per heavy atom. The smallest absolute Gasteiger partial charge is 0.234 e. The van der Waals surface area contributed by atoms with Crippen LogP contribution in [0.15, 0.2) is 41.3 Å². The molecule has 0 fully saturated rings. The average Bonchev–Trinajstić information content (AvgIpc) is 2.44. The van der Waals surface area contributed by atoms with Gasteiger partial charge in [-0.2, -0.15) is 0 Å². The van der Waals surface area contributed by atoms with Crippen LogP contribution in [0, 0.1) is 23.3 Å². The van der Waals surface area contributed by atoms with Crippen LogP contribution in [-0.2, 0) is 4.79 Å². The summed E-state index contributed by atoms with van der Waals surface area (Å²) in [6.45, 7) is 0.